The fourth-order valence-corrected chi connectivity index (χ4v) is 4.27. The van der Waals surface area contributed by atoms with E-state index < -0.39 is 11.5 Å². The second-order valence-electron chi connectivity index (χ2n) is 6.64. The molecule has 1 aliphatic rings. The second kappa shape index (κ2) is 8.10. The Bertz CT molecular complexity index is 953. The number of carbonyl (C=O) groups is 1. The lowest BCUT2D eigenvalue weighted by Gasteiger charge is -2.26. The number of hydrogen-bond donors (Lipinski definition) is 1. The number of nitriles is 1. The summed E-state index contributed by atoms with van der Waals surface area (Å²) in [4.78, 5) is 17.1. The van der Waals surface area contributed by atoms with Gasteiger partial charge in [-0.3, -0.25) is 4.79 Å². The van der Waals surface area contributed by atoms with Crippen molar-refractivity contribution in [3.8, 4) is 6.07 Å². The van der Waals surface area contributed by atoms with Gasteiger partial charge >= 0.3 is 0 Å². The number of carbonyl (C=O) groups excluding carboxylic acids is 1. The first-order chi connectivity index (χ1) is 13.4. The van der Waals surface area contributed by atoms with Crippen LogP contribution in [-0.4, -0.2) is 42.1 Å². The summed E-state index contributed by atoms with van der Waals surface area (Å²) in [6.07, 6.45) is 0. The number of halogens is 2. The maximum Gasteiger partial charge on any atom is 0.268 e. The molecule has 5 nitrogen and oxygen atoms in total. The molecule has 28 heavy (non-hydrogen) atoms. The van der Waals surface area contributed by atoms with E-state index in [1.807, 2.05) is 13.8 Å². The van der Waals surface area contributed by atoms with Crippen LogP contribution in [-0.2, 0) is 10.4 Å². The summed E-state index contributed by atoms with van der Waals surface area (Å²) in [6, 6.07) is 11.8. The van der Waals surface area contributed by atoms with Gasteiger partial charge in [-0.25, -0.2) is 0 Å². The van der Waals surface area contributed by atoms with Crippen LogP contribution in [0.3, 0.4) is 0 Å². The van der Waals surface area contributed by atoms with Crippen molar-refractivity contribution in [1.82, 2.24) is 4.90 Å². The predicted molar refractivity (Wildman–Crippen MR) is 111 cm³/mol. The summed E-state index contributed by atoms with van der Waals surface area (Å²) in [5.41, 5.74) is -0.677. The molecule has 1 atom stereocenters. The molecule has 146 valence electrons. The highest BCUT2D eigenvalue weighted by atomic mass is 35.5. The summed E-state index contributed by atoms with van der Waals surface area (Å²) in [5.74, 6) is -0.514. The minimum absolute atomic E-state index is 0.162. The molecule has 1 aliphatic heterocycles. The van der Waals surface area contributed by atoms with E-state index in [1.54, 1.807) is 30.3 Å². The van der Waals surface area contributed by atoms with Gasteiger partial charge in [-0.15, -0.1) is 0 Å². The van der Waals surface area contributed by atoms with Crippen molar-refractivity contribution in [2.75, 3.05) is 31.1 Å². The highest BCUT2D eigenvalue weighted by Gasteiger charge is 2.53. The molecular formula is C21H21Cl2N3O2. The molecule has 1 N–H and O–H groups in total. The molecule has 0 spiro atoms. The van der Waals surface area contributed by atoms with E-state index in [9.17, 15) is 15.2 Å². The molecule has 0 saturated carbocycles. The molecule has 1 amide bonds. The molecular weight excluding hydrogens is 397 g/mol. The maximum atomic E-state index is 13.4. The van der Waals surface area contributed by atoms with Gasteiger partial charge in [-0.1, -0.05) is 55.2 Å². The van der Waals surface area contributed by atoms with Crippen LogP contribution in [0.1, 0.15) is 30.5 Å². The lowest BCUT2D eigenvalue weighted by Crippen LogP contribution is -2.44. The number of aliphatic hydroxyl groups is 1. The molecule has 0 saturated heterocycles. The summed E-state index contributed by atoms with van der Waals surface area (Å²) in [6.45, 7) is 6.79. The molecule has 3 rings (SSSR count). The minimum atomic E-state index is -2.00. The number of hydrogen-bond acceptors (Lipinski definition) is 4. The number of fused-ring (bicyclic) bond motifs is 1. The van der Waals surface area contributed by atoms with E-state index in [4.69, 9.17) is 23.2 Å². The zero-order valence-electron chi connectivity index (χ0n) is 15.7. The molecule has 1 heterocycles. The van der Waals surface area contributed by atoms with E-state index >= 15 is 0 Å². The molecule has 7 heteroatoms. The third kappa shape index (κ3) is 3.27. The van der Waals surface area contributed by atoms with Gasteiger partial charge in [0.1, 0.15) is 0 Å². The van der Waals surface area contributed by atoms with Crippen LogP contribution >= 0.6 is 23.2 Å². The third-order valence-electron chi connectivity index (χ3n) is 5.20. The molecule has 0 aromatic heterocycles. The van der Waals surface area contributed by atoms with E-state index in [0.717, 1.165) is 13.1 Å². The van der Waals surface area contributed by atoms with Crippen molar-refractivity contribution in [1.29, 1.82) is 5.26 Å². The summed E-state index contributed by atoms with van der Waals surface area (Å²) >= 11 is 12.8. The fraction of sp³-hybridized carbons (Fsp3) is 0.333. The van der Waals surface area contributed by atoms with Gasteiger partial charge in [0.05, 0.1) is 22.3 Å². The first kappa shape index (κ1) is 20.6. The largest absolute Gasteiger partial charge is 0.372 e. The van der Waals surface area contributed by atoms with E-state index in [0.29, 0.717) is 24.3 Å². The normalized spacial score (nSPS) is 18.5. The molecule has 0 aliphatic carbocycles. The van der Waals surface area contributed by atoms with Crippen LogP contribution in [0.25, 0.3) is 0 Å². The Labute approximate surface area is 174 Å². The molecule has 1 unspecified atom stereocenters. The van der Waals surface area contributed by atoms with Crippen molar-refractivity contribution < 1.29 is 9.90 Å². The maximum absolute atomic E-state index is 13.4. The van der Waals surface area contributed by atoms with Crippen LogP contribution in [0.15, 0.2) is 36.4 Å². The van der Waals surface area contributed by atoms with Crippen molar-refractivity contribution in [2.24, 2.45) is 0 Å². The SMILES string of the molecule is CCN(CC)CCN1C(=O)C(O)(c2ccccc2Cl)c2c(Cl)cc(C#N)cc21. The predicted octanol–water partition coefficient (Wildman–Crippen LogP) is 3.79. The number of benzene rings is 2. The highest BCUT2D eigenvalue weighted by molar-refractivity contribution is 6.34. The summed E-state index contributed by atoms with van der Waals surface area (Å²) < 4.78 is 0. The Hall–Kier alpha value is -2.10. The smallest absolute Gasteiger partial charge is 0.268 e. The zero-order valence-corrected chi connectivity index (χ0v) is 17.3. The Balaban J connectivity index is 2.17. The topological polar surface area (TPSA) is 67.6 Å². The number of amides is 1. The number of rotatable bonds is 6. The summed E-state index contributed by atoms with van der Waals surface area (Å²) in [7, 11) is 0. The van der Waals surface area contributed by atoms with Crippen molar-refractivity contribution >= 4 is 34.8 Å². The molecule has 0 bridgehead atoms. The Morgan fingerprint density at radius 2 is 1.86 bits per heavy atom. The van der Waals surface area contributed by atoms with E-state index in [1.165, 1.54) is 11.0 Å². The van der Waals surface area contributed by atoms with E-state index in [2.05, 4.69) is 11.0 Å². The van der Waals surface area contributed by atoms with Crippen LogP contribution in [0.4, 0.5) is 5.69 Å². The highest BCUT2D eigenvalue weighted by Crippen LogP contribution is 2.49. The first-order valence-electron chi connectivity index (χ1n) is 9.14. The molecule has 0 radical (unpaired) electrons. The second-order valence-corrected chi connectivity index (χ2v) is 7.45. The summed E-state index contributed by atoms with van der Waals surface area (Å²) in [5, 5.41) is 21.4. The van der Waals surface area contributed by atoms with Crippen LogP contribution in [0.5, 0.6) is 0 Å². The zero-order chi connectivity index (χ0) is 20.5. The quantitative estimate of drug-likeness (QED) is 0.775. The van der Waals surface area contributed by atoms with Gasteiger partial charge in [-0.2, -0.15) is 5.26 Å². The van der Waals surface area contributed by atoms with Gasteiger partial charge in [0.2, 0.25) is 0 Å². The van der Waals surface area contributed by atoms with E-state index in [-0.39, 0.29) is 21.2 Å². The van der Waals surface area contributed by atoms with Crippen LogP contribution in [0.2, 0.25) is 10.0 Å². The Morgan fingerprint density at radius 3 is 2.46 bits per heavy atom. The van der Waals surface area contributed by atoms with Gasteiger partial charge in [0.15, 0.2) is 5.60 Å². The van der Waals surface area contributed by atoms with Crippen LogP contribution < -0.4 is 4.90 Å². The van der Waals surface area contributed by atoms with Crippen LogP contribution in [0, 0.1) is 11.3 Å². The fourth-order valence-electron chi connectivity index (χ4n) is 3.65. The average molecular weight is 418 g/mol. The monoisotopic (exact) mass is 417 g/mol. The Morgan fingerprint density at radius 1 is 1.18 bits per heavy atom. The van der Waals surface area contributed by atoms with Gasteiger partial charge in [0.25, 0.3) is 5.91 Å². The molecule has 2 aromatic carbocycles. The van der Waals surface area contributed by atoms with Gasteiger partial charge in [-0.05, 0) is 31.3 Å². The van der Waals surface area contributed by atoms with Gasteiger partial charge in [0, 0.05) is 29.2 Å². The lowest BCUT2D eigenvalue weighted by molar-refractivity contribution is -0.132. The number of anilines is 1. The van der Waals surface area contributed by atoms with Crippen molar-refractivity contribution in [3.63, 3.8) is 0 Å². The Kier molecular flexibility index (Phi) is 5.97. The molecule has 0 fully saturated rings. The number of likely N-dealkylation sites (N-methyl/N-ethyl adjacent to an activating group) is 1. The number of nitrogens with zero attached hydrogens (tertiary/aromatic N) is 3. The minimum Gasteiger partial charge on any atom is -0.372 e. The third-order valence-corrected chi connectivity index (χ3v) is 5.83. The van der Waals surface area contributed by atoms with Crippen molar-refractivity contribution in [3.05, 3.63) is 63.1 Å². The first-order valence-corrected chi connectivity index (χ1v) is 9.89. The standard InChI is InChI=1S/C21H21Cl2N3O2/c1-3-25(4-2)9-10-26-18-12-14(13-24)11-17(23)19(18)21(28,20(26)27)15-7-5-6-8-16(15)22/h5-8,11-12,28H,3-4,9-10H2,1-2H3. The average Bonchev–Trinajstić information content (AvgIpc) is 2.91. The van der Waals surface area contributed by atoms with Crippen molar-refractivity contribution in [2.45, 2.75) is 19.4 Å². The molecule has 2 aromatic rings. The lowest BCUT2D eigenvalue weighted by atomic mass is 9.87. The van der Waals surface area contributed by atoms with Gasteiger partial charge < -0.3 is 14.9 Å².